The summed E-state index contributed by atoms with van der Waals surface area (Å²) in [6.07, 6.45) is 4.73. The molecular weight excluding hydrogens is 234 g/mol. The maximum absolute atomic E-state index is 5.84. The van der Waals surface area contributed by atoms with E-state index in [0.717, 1.165) is 25.3 Å². The summed E-state index contributed by atoms with van der Waals surface area (Å²) < 4.78 is 5.84. The fraction of sp³-hybridized carbons (Fsp3) is 0.647. The van der Waals surface area contributed by atoms with E-state index in [1.54, 1.807) is 0 Å². The molecule has 0 fully saturated rings. The van der Waals surface area contributed by atoms with Crippen molar-refractivity contribution in [2.45, 2.75) is 52.5 Å². The fourth-order valence-electron chi connectivity index (χ4n) is 2.63. The summed E-state index contributed by atoms with van der Waals surface area (Å²) in [6.45, 7) is 8.62. The van der Waals surface area contributed by atoms with Gasteiger partial charge in [-0.15, -0.1) is 0 Å². The number of hydrogen-bond donors (Lipinski definition) is 1. The lowest BCUT2D eigenvalue weighted by molar-refractivity contribution is 0.289. The number of hydrogen-bond acceptors (Lipinski definition) is 2. The van der Waals surface area contributed by atoms with Gasteiger partial charge in [-0.1, -0.05) is 26.8 Å². The van der Waals surface area contributed by atoms with E-state index < -0.39 is 0 Å². The van der Waals surface area contributed by atoms with Crippen LogP contribution in [0.4, 0.5) is 0 Å². The van der Waals surface area contributed by atoms with Crippen LogP contribution in [0.5, 0.6) is 5.75 Å². The highest BCUT2D eigenvalue weighted by molar-refractivity contribution is 5.40. The van der Waals surface area contributed by atoms with Gasteiger partial charge in [0.05, 0.1) is 6.61 Å². The van der Waals surface area contributed by atoms with Gasteiger partial charge in [-0.2, -0.15) is 0 Å². The summed E-state index contributed by atoms with van der Waals surface area (Å²) in [6, 6.07) is 7.18. The molecule has 1 atom stereocenters. The van der Waals surface area contributed by atoms with E-state index in [2.05, 4.69) is 44.3 Å². The average molecular weight is 261 g/mol. The first kappa shape index (κ1) is 14.4. The van der Waals surface area contributed by atoms with Crippen molar-refractivity contribution in [1.82, 2.24) is 5.32 Å². The zero-order valence-electron chi connectivity index (χ0n) is 12.5. The van der Waals surface area contributed by atoms with E-state index in [1.165, 1.54) is 30.4 Å². The first-order chi connectivity index (χ1) is 9.20. The Morgan fingerprint density at radius 2 is 2.21 bits per heavy atom. The predicted molar refractivity (Wildman–Crippen MR) is 80.7 cm³/mol. The third-order valence-corrected chi connectivity index (χ3v) is 3.80. The Morgan fingerprint density at radius 3 is 2.95 bits per heavy atom. The molecule has 106 valence electrons. The summed E-state index contributed by atoms with van der Waals surface area (Å²) >= 11 is 0. The minimum atomic E-state index is 0.555. The van der Waals surface area contributed by atoms with Gasteiger partial charge in [0.1, 0.15) is 5.75 Å². The Kier molecular flexibility index (Phi) is 5.26. The van der Waals surface area contributed by atoms with Crippen LogP contribution in [-0.4, -0.2) is 13.2 Å². The van der Waals surface area contributed by atoms with Crippen molar-refractivity contribution in [2.75, 3.05) is 13.2 Å². The molecule has 0 radical (unpaired) electrons. The van der Waals surface area contributed by atoms with E-state index >= 15 is 0 Å². The minimum Gasteiger partial charge on any atom is -0.494 e. The number of benzene rings is 1. The largest absolute Gasteiger partial charge is 0.494 e. The zero-order valence-corrected chi connectivity index (χ0v) is 12.5. The molecule has 0 spiro atoms. The van der Waals surface area contributed by atoms with Crippen LogP contribution in [0.2, 0.25) is 0 Å². The Bertz CT molecular complexity index is 400. The Balaban J connectivity index is 1.93. The van der Waals surface area contributed by atoms with Crippen LogP contribution < -0.4 is 10.1 Å². The lowest BCUT2D eigenvalue weighted by Gasteiger charge is -2.14. The van der Waals surface area contributed by atoms with Crippen molar-refractivity contribution < 1.29 is 4.74 Å². The standard InChI is InChI=1S/C17H27NO/c1-4-10-18-17-8-5-14-12-15(6-7-16(14)17)19-11-9-13(2)3/h6-7,12-13,17-18H,4-5,8-11H2,1-3H3. The molecule has 1 aliphatic carbocycles. The van der Waals surface area contributed by atoms with Gasteiger partial charge in [-0.05, 0) is 61.4 Å². The van der Waals surface area contributed by atoms with Crippen LogP contribution in [0, 0.1) is 5.92 Å². The molecule has 2 heteroatoms. The van der Waals surface area contributed by atoms with Gasteiger partial charge >= 0.3 is 0 Å². The molecule has 0 heterocycles. The molecule has 0 aliphatic heterocycles. The second kappa shape index (κ2) is 6.95. The van der Waals surface area contributed by atoms with Crippen LogP contribution in [0.25, 0.3) is 0 Å². The fourth-order valence-corrected chi connectivity index (χ4v) is 2.63. The maximum atomic E-state index is 5.84. The van der Waals surface area contributed by atoms with E-state index in [4.69, 9.17) is 4.74 Å². The highest BCUT2D eigenvalue weighted by Gasteiger charge is 2.21. The van der Waals surface area contributed by atoms with Crippen molar-refractivity contribution in [3.8, 4) is 5.75 Å². The molecule has 0 amide bonds. The number of aryl methyl sites for hydroxylation is 1. The van der Waals surface area contributed by atoms with Crippen molar-refractivity contribution in [3.05, 3.63) is 29.3 Å². The predicted octanol–water partition coefficient (Wildman–Crippen LogP) is 4.10. The third kappa shape index (κ3) is 3.97. The average Bonchev–Trinajstić information content (AvgIpc) is 2.78. The first-order valence-electron chi connectivity index (χ1n) is 7.69. The van der Waals surface area contributed by atoms with Crippen LogP contribution in [0.15, 0.2) is 18.2 Å². The number of ether oxygens (including phenoxy) is 1. The Hall–Kier alpha value is -1.02. The maximum Gasteiger partial charge on any atom is 0.119 e. The lowest BCUT2D eigenvalue weighted by atomic mass is 10.1. The third-order valence-electron chi connectivity index (χ3n) is 3.80. The molecule has 1 aliphatic rings. The highest BCUT2D eigenvalue weighted by Crippen LogP contribution is 2.33. The van der Waals surface area contributed by atoms with E-state index in [0.29, 0.717) is 12.0 Å². The molecule has 1 unspecified atom stereocenters. The molecule has 0 saturated carbocycles. The molecule has 1 N–H and O–H groups in total. The number of fused-ring (bicyclic) bond motifs is 1. The molecule has 0 saturated heterocycles. The summed E-state index contributed by atoms with van der Waals surface area (Å²) in [4.78, 5) is 0. The van der Waals surface area contributed by atoms with Crippen LogP contribution in [0.3, 0.4) is 0 Å². The van der Waals surface area contributed by atoms with Gasteiger partial charge in [0.25, 0.3) is 0 Å². The highest BCUT2D eigenvalue weighted by atomic mass is 16.5. The van der Waals surface area contributed by atoms with Gasteiger partial charge in [0, 0.05) is 6.04 Å². The van der Waals surface area contributed by atoms with Gasteiger partial charge in [-0.3, -0.25) is 0 Å². The van der Waals surface area contributed by atoms with E-state index in [-0.39, 0.29) is 0 Å². The molecule has 2 rings (SSSR count). The number of rotatable bonds is 7. The monoisotopic (exact) mass is 261 g/mol. The van der Waals surface area contributed by atoms with E-state index in [1.807, 2.05) is 0 Å². The molecule has 0 aromatic heterocycles. The first-order valence-corrected chi connectivity index (χ1v) is 7.69. The summed E-state index contributed by atoms with van der Waals surface area (Å²) in [5.41, 5.74) is 2.94. The molecule has 1 aromatic carbocycles. The van der Waals surface area contributed by atoms with Gasteiger partial charge in [0.15, 0.2) is 0 Å². The molecule has 1 aromatic rings. The second-order valence-electron chi connectivity index (χ2n) is 5.94. The normalized spacial score (nSPS) is 17.8. The van der Waals surface area contributed by atoms with Crippen molar-refractivity contribution in [3.63, 3.8) is 0 Å². The second-order valence-corrected chi connectivity index (χ2v) is 5.94. The molecule has 0 bridgehead atoms. The molecular formula is C17H27NO. The van der Waals surface area contributed by atoms with Crippen LogP contribution >= 0.6 is 0 Å². The molecule has 19 heavy (non-hydrogen) atoms. The van der Waals surface area contributed by atoms with Gasteiger partial charge in [-0.25, -0.2) is 0 Å². The minimum absolute atomic E-state index is 0.555. The van der Waals surface area contributed by atoms with Crippen LogP contribution in [-0.2, 0) is 6.42 Å². The Morgan fingerprint density at radius 1 is 1.37 bits per heavy atom. The van der Waals surface area contributed by atoms with Crippen molar-refractivity contribution in [1.29, 1.82) is 0 Å². The summed E-state index contributed by atoms with van der Waals surface area (Å²) in [5, 5.41) is 3.62. The van der Waals surface area contributed by atoms with E-state index in [9.17, 15) is 0 Å². The smallest absolute Gasteiger partial charge is 0.119 e. The molecule has 2 nitrogen and oxygen atoms in total. The quantitative estimate of drug-likeness (QED) is 0.798. The van der Waals surface area contributed by atoms with Crippen molar-refractivity contribution >= 4 is 0 Å². The van der Waals surface area contributed by atoms with Gasteiger partial charge in [0.2, 0.25) is 0 Å². The van der Waals surface area contributed by atoms with Gasteiger partial charge < -0.3 is 10.1 Å². The Labute approximate surface area is 117 Å². The SMILES string of the molecule is CCCNC1CCc2cc(OCCC(C)C)ccc21. The summed E-state index contributed by atoms with van der Waals surface area (Å²) in [5.74, 6) is 1.74. The zero-order chi connectivity index (χ0) is 13.7. The lowest BCUT2D eigenvalue weighted by Crippen LogP contribution is -2.19. The topological polar surface area (TPSA) is 21.3 Å². The van der Waals surface area contributed by atoms with Crippen molar-refractivity contribution in [2.24, 2.45) is 5.92 Å². The number of nitrogens with one attached hydrogen (secondary N) is 1. The summed E-state index contributed by atoms with van der Waals surface area (Å²) in [7, 11) is 0. The van der Waals surface area contributed by atoms with Crippen LogP contribution in [0.1, 0.15) is 57.2 Å².